The molecule has 0 fully saturated rings. The molecule has 2 rings (SSSR count). The second-order valence-corrected chi connectivity index (χ2v) is 3.84. The molecule has 1 atom stereocenters. The normalized spacial score (nSPS) is 12.4. The highest BCUT2D eigenvalue weighted by Gasteiger charge is 2.09. The van der Waals surface area contributed by atoms with Gasteiger partial charge in [-0.3, -0.25) is 0 Å². The number of aromatic nitrogens is 2. The van der Waals surface area contributed by atoms with Gasteiger partial charge in [0.05, 0.1) is 0 Å². The van der Waals surface area contributed by atoms with Crippen molar-refractivity contribution < 1.29 is 13.7 Å². The van der Waals surface area contributed by atoms with E-state index < -0.39 is 5.82 Å². The molecule has 0 radical (unpaired) electrons. The molecule has 0 aliphatic heterocycles. The lowest BCUT2D eigenvalue weighted by Gasteiger charge is -2.12. The summed E-state index contributed by atoms with van der Waals surface area (Å²) in [6.07, 6.45) is 1.20. The summed E-state index contributed by atoms with van der Waals surface area (Å²) in [6.45, 7) is 2.03. The highest BCUT2D eigenvalue weighted by molar-refractivity contribution is 5.30. The Labute approximate surface area is 104 Å². The monoisotopic (exact) mass is 251 g/mol. The lowest BCUT2D eigenvalue weighted by atomic mass is 10.1. The zero-order valence-electron chi connectivity index (χ0n) is 10.2. The summed E-state index contributed by atoms with van der Waals surface area (Å²) >= 11 is 0. The van der Waals surface area contributed by atoms with Gasteiger partial charge in [0.25, 0.3) is 0 Å². The Morgan fingerprint density at radius 3 is 2.94 bits per heavy atom. The van der Waals surface area contributed by atoms with Crippen molar-refractivity contribution in [3.05, 3.63) is 41.8 Å². The minimum absolute atomic E-state index is 0.0777. The third-order valence-electron chi connectivity index (χ3n) is 2.65. The van der Waals surface area contributed by atoms with Gasteiger partial charge < -0.3 is 14.6 Å². The molecule has 0 spiro atoms. The van der Waals surface area contributed by atoms with Gasteiger partial charge in [0.15, 0.2) is 18.2 Å². The van der Waals surface area contributed by atoms with Crippen LogP contribution in [0.15, 0.2) is 29.1 Å². The zero-order valence-corrected chi connectivity index (χ0v) is 10.2. The number of benzene rings is 1. The third kappa shape index (κ3) is 2.84. The van der Waals surface area contributed by atoms with E-state index in [9.17, 15) is 4.39 Å². The van der Waals surface area contributed by atoms with Crippen LogP contribution in [0.3, 0.4) is 0 Å². The van der Waals surface area contributed by atoms with Crippen LogP contribution in [0.1, 0.15) is 24.4 Å². The van der Waals surface area contributed by atoms with Gasteiger partial charge in [-0.15, -0.1) is 0 Å². The Morgan fingerprint density at radius 1 is 1.50 bits per heavy atom. The van der Waals surface area contributed by atoms with Gasteiger partial charge in [0.1, 0.15) is 0 Å². The first-order valence-corrected chi connectivity index (χ1v) is 5.55. The zero-order chi connectivity index (χ0) is 13.0. The maximum Gasteiger partial charge on any atom is 0.213 e. The number of halogens is 1. The minimum Gasteiger partial charge on any atom is -0.482 e. The fourth-order valence-electron chi connectivity index (χ4n) is 1.47. The summed E-state index contributed by atoms with van der Waals surface area (Å²) in [5.41, 5.74) is 0.863. The molecule has 96 valence electrons. The summed E-state index contributed by atoms with van der Waals surface area (Å²) in [4.78, 5) is 3.78. The van der Waals surface area contributed by atoms with Gasteiger partial charge in [-0.25, -0.2) is 4.39 Å². The predicted octanol–water partition coefficient (Wildman–Crippen LogP) is 2.07. The molecule has 18 heavy (non-hydrogen) atoms. The van der Waals surface area contributed by atoms with Crippen LogP contribution in [-0.4, -0.2) is 17.2 Å². The van der Waals surface area contributed by atoms with E-state index in [1.807, 2.05) is 20.0 Å². The van der Waals surface area contributed by atoms with Gasteiger partial charge in [0.2, 0.25) is 12.2 Å². The minimum atomic E-state index is -0.405. The first kappa shape index (κ1) is 12.5. The average molecular weight is 251 g/mol. The van der Waals surface area contributed by atoms with E-state index in [-0.39, 0.29) is 18.4 Å². The van der Waals surface area contributed by atoms with Crippen molar-refractivity contribution in [1.29, 1.82) is 0 Å². The van der Waals surface area contributed by atoms with Gasteiger partial charge in [0, 0.05) is 6.04 Å². The average Bonchev–Trinajstić information content (AvgIpc) is 2.89. The molecule has 0 saturated carbocycles. The number of hydrogen-bond acceptors (Lipinski definition) is 5. The SMILES string of the molecule is CNC(C)c1ccc(OCc2ncon2)c(F)c1. The van der Waals surface area contributed by atoms with E-state index in [2.05, 4.69) is 20.0 Å². The molecule has 0 bridgehead atoms. The molecule has 2 aromatic rings. The van der Waals surface area contributed by atoms with Gasteiger partial charge in [-0.2, -0.15) is 4.98 Å². The molecule has 1 N–H and O–H groups in total. The number of ether oxygens (including phenoxy) is 1. The smallest absolute Gasteiger partial charge is 0.213 e. The van der Waals surface area contributed by atoms with Gasteiger partial charge >= 0.3 is 0 Å². The van der Waals surface area contributed by atoms with E-state index in [4.69, 9.17) is 4.74 Å². The van der Waals surface area contributed by atoms with Crippen molar-refractivity contribution in [3.8, 4) is 5.75 Å². The summed E-state index contributed by atoms with van der Waals surface area (Å²) in [6, 6.07) is 4.95. The van der Waals surface area contributed by atoms with Crippen molar-refractivity contribution in [2.45, 2.75) is 19.6 Å². The molecule has 0 aliphatic carbocycles. The van der Waals surface area contributed by atoms with Crippen molar-refractivity contribution in [2.75, 3.05) is 7.05 Å². The van der Waals surface area contributed by atoms with Crippen LogP contribution in [0.2, 0.25) is 0 Å². The quantitative estimate of drug-likeness (QED) is 0.881. The van der Waals surface area contributed by atoms with Crippen LogP contribution in [0.25, 0.3) is 0 Å². The summed E-state index contributed by atoms with van der Waals surface area (Å²) in [7, 11) is 1.82. The Morgan fingerprint density at radius 2 is 2.33 bits per heavy atom. The molecule has 0 amide bonds. The number of nitrogens with one attached hydrogen (secondary N) is 1. The Bertz CT molecular complexity index is 502. The fraction of sp³-hybridized carbons (Fsp3) is 0.333. The summed E-state index contributed by atoms with van der Waals surface area (Å²) < 4.78 is 23.6. The van der Waals surface area contributed by atoms with Crippen LogP contribution in [-0.2, 0) is 6.61 Å². The maximum absolute atomic E-state index is 13.8. The Balaban J connectivity index is 2.05. The number of rotatable bonds is 5. The van der Waals surface area contributed by atoms with Crippen LogP contribution in [0.5, 0.6) is 5.75 Å². The first-order chi connectivity index (χ1) is 8.70. The maximum atomic E-state index is 13.8. The molecule has 1 heterocycles. The molecule has 1 unspecified atom stereocenters. The second-order valence-electron chi connectivity index (χ2n) is 3.84. The van der Waals surface area contributed by atoms with Gasteiger partial charge in [-0.1, -0.05) is 11.2 Å². The van der Waals surface area contributed by atoms with Crippen molar-refractivity contribution in [3.63, 3.8) is 0 Å². The molecule has 1 aromatic carbocycles. The number of hydrogen-bond donors (Lipinski definition) is 1. The lowest BCUT2D eigenvalue weighted by Crippen LogP contribution is -2.12. The van der Waals surface area contributed by atoms with Crippen molar-refractivity contribution >= 4 is 0 Å². The molecule has 1 aromatic heterocycles. The molecular weight excluding hydrogens is 237 g/mol. The van der Waals surface area contributed by atoms with Crippen molar-refractivity contribution in [2.24, 2.45) is 0 Å². The lowest BCUT2D eigenvalue weighted by molar-refractivity contribution is 0.273. The third-order valence-corrected chi connectivity index (χ3v) is 2.65. The molecular formula is C12H14FN3O2. The molecule has 0 aliphatic rings. The fourth-order valence-corrected chi connectivity index (χ4v) is 1.47. The van der Waals surface area contributed by atoms with E-state index in [1.54, 1.807) is 6.07 Å². The predicted molar refractivity (Wildman–Crippen MR) is 62.5 cm³/mol. The van der Waals surface area contributed by atoms with E-state index >= 15 is 0 Å². The van der Waals surface area contributed by atoms with Crippen LogP contribution in [0, 0.1) is 5.82 Å². The standard InChI is InChI=1S/C12H14FN3O2/c1-8(14-2)9-3-4-11(10(13)5-9)17-6-12-15-7-18-16-12/h3-5,7-8,14H,6H2,1-2H3. The molecule has 5 nitrogen and oxygen atoms in total. The summed E-state index contributed by atoms with van der Waals surface area (Å²) in [5.74, 6) is 0.145. The highest BCUT2D eigenvalue weighted by atomic mass is 19.1. The van der Waals surface area contributed by atoms with E-state index in [0.29, 0.717) is 5.82 Å². The highest BCUT2D eigenvalue weighted by Crippen LogP contribution is 2.22. The largest absolute Gasteiger partial charge is 0.482 e. The van der Waals surface area contributed by atoms with Crippen LogP contribution >= 0.6 is 0 Å². The summed E-state index contributed by atoms with van der Waals surface area (Å²) in [5, 5.41) is 6.62. The second kappa shape index (κ2) is 5.59. The van der Waals surface area contributed by atoms with Crippen molar-refractivity contribution in [1.82, 2.24) is 15.5 Å². The van der Waals surface area contributed by atoms with Crippen LogP contribution < -0.4 is 10.1 Å². The van der Waals surface area contributed by atoms with Gasteiger partial charge in [-0.05, 0) is 31.7 Å². The first-order valence-electron chi connectivity index (χ1n) is 5.55. The van der Waals surface area contributed by atoms with E-state index in [0.717, 1.165) is 5.56 Å². The molecule has 0 saturated heterocycles. The Hall–Kier alpha value is -1.95. The Kier molecular flexibility index (Phi) is 3.88. The van der Waals surface area contributed by atoms with Crippen LogP contribution in [0.4, 0.5) is 4.39 Å². The number of nitrogens with zero attached hydrogens (tertiary/aromatic N) is 2. The van der Waals surface area contributed by atoms with E-state index in [1.165, 1.54) is 12.5 Å². The topological polar surface area (TPSA) is 60.2 Å². The molecule has 6 heteroatoms.